The van der Waals surface area contributed by atoms with E-state index in [-0.39, 0.29) is 18.7 Å². The fraction of sp³-hybridized carbons (Fsp3) is 0.815. The SMILES string of the molecule is CCCCCCCCC(=O)N[C@H]1[C@H](OC)O[C@H](CO)[C@@H](O)[C@@H]1O[C@H](C)C(=O)N[C@@H](C)C(=O)N[C@H](CCC(=O)O)C(N)=O. The monoisotopic (exact) mass is 604 g/mol. The summed E-state index contributed by atoms with van der Waals surface area (Å²) < 4.78 is 16.8. The van der Waals surface area contributed by atoms with Crippen LogP contribution in [0.3, 0.4) is 0 Å². The molecule has 42 heavy (non-hydrogen) atoms. The number of primary amides is 1. The lowest BCUT2D eigenvalue weighted by Gasteiger charge is -2.44. The van der Waals surface area contributed by atoms with Gasteiger partial charge in [-0.25, -0.2) is 0 Å². The van der Waals surface area contributed by atoms with Crippen molar-refractivity contribution >= 4 is 29.6 Å². The van der Waals surface area contributed by atoms with Gasteiger partial charge in [-0.2, -0.15) is 0 Å². The Hall–Kier alpha value is -2.85. The first kappa shape index (κ1) is 37.2. The van der Waals surface area contributed by atoms with E-state index in [0.29, 0.717) is 6.42 Å². The lowest BCUT2D eigenvalue weighted by Crippen LogP contribution is -2.66. The summed E-state index contributed by atoms with van der Waals surface area (Å²) in [6.45, 7) is 4.24. The Labute approximate surface area is 246 Å². The molecular weight excluding hydrogens is 556 g/mol. The van der Waals surface area contributed by atoms with Gasteiger partial charge in [0.05, 0.1) is 6.61 Å². The number of unbranched alkanes of at least 4 members (excludes halogenated alkanes) is 5. The van der Waals surface area contributed by atoms with E-state index in [2.05, 4.69) is 22.9 Å². The maximum Gasteiger partial charge on any atom is 0.303 e. The number of nitrogens with one attached hydrogen (secondary N) is 3. The summed E-state index contributed by atoms with van der Waals surface area (Å²) >= 11 is 0. The number of aliphatic hydroxyl groups excluding tert-OH is 2. The number of hydrogen-bond donors (Lipinski definition) is 7. The van der Waals surface area contributed by atoms with Crippen molar-refractivity contribution in [1.29, 1.82) is 0 Å². The molecule has 0 aromatic rings. The van der Waals surface area contributed by atoms with Crippen LogP contribution in [0.4, 0.5) is 0 Å². The first-order chi connectivity index (χ1) is 19.9. The minimum atomic E-state index is -1.44. The maximum absolute atomic E-state index is 12.9. The van der Waals surface area contributed by atoms with Gasteiger partial charge in [0.25, 0.3) is 0 Å². The van der Waals surface area contributed by atoms with Crippen LogP contribution in [0.1, 0.15) is 78.6 Å². The molecule has 4 amide bonds. The standard InChI is InChI=1S/C27H48N4O11/c1-5-6-7-8-9-10-11-19(33)31-21-23(22(36)18(14-32)42-27(21)40-4)41-16(3)26(39)29-15(2)25(38)30-17(24(28)37)12-13-20(34)35/h15-18,21-23,27,32,36H,5-14H2,1-4H3,(H2,28,37)(H,29,39)(H,30,38)(H,31,33)(H,34,35)/t15-,16+,17+,18+,21+,22+,23+,27+/m0/s1. The molecular formula is C27H48N4O11. The number of carbonyl (C=O) groups is 5. The fourth-order valence-corrected chi connectivity index (χ4v) is 4.45. The highest BCUT2D eigenvalue weighted by Gasteiger charge is 2.48. The molecule has 1 aliphatic rings. The summed E-state index contributed by atoms with van der Waals surface area (Å²) in [5.74, 6) is -3.96. The largest absolute Gasteiger partial charge is 0.481 e. The molecule has 15 heteroatoms. The van der Waals surface area contributed by atoms with Crippen LogP contribution in [-0.2, 0) is 38.2 Å². The third-order valence-electron chi connectivity index (χ3n) is 6.96. The van der Waals surface area contributed by atoms with E-state index in [4.69, 9.17) is 25.1 Å². The highest BCUT2D eigenvalue weighted by Crippen LogP contribution is 2.25. The predicted molar refractivity (Wildman–Crippen MR) is 149 cm³/mol. The summed E-state index contributed by atoms with van der Waals surface area (Å²) in [6.07, 6.45) is -0.615. The van der Waals surface area contributed by atoms with Gasteiger partial charge in [0.1, 0.15) is 42.5 Å². The smallest absolute Gasteiger partial charge is 0.303 e. The molecule has 0 unspecified atom stereocenters. The highest BCUT2D eigenvalue weighted by molar-refractivity contribution is 5.92. The van der Waals surface area contributed by atoms with Crippen LogP contribution in [-0.4, -0.2) is 107 Å². The fourth-order valence-electron chi connectivity index (χ4n) is 4.45. The van der Waals surface area contributed by atoms with Gasteiger partial charge in [-0.1, -0.05) is 39.0 Å². The van der Waals surface area contributed by atoms with Crippen LogP contribution in [0.2, 0.25) is 0 Å². The van der Waals surface area contributed by atoms with Gasteiger partial charge in [-0.3, -0.25) is 24.0 Å². The summed E-state index contributed by atoms with van der Waals surface area (Å²) in [7, 11) is 1.33. The summed E-state index contributed by atoms with van der Waals surface area (Å²) in [5, 5.41) is 36.9. The number of carboxylic acids is 1. The molecule has 0 saturated carbocycles. The Morgan fingerprint density at radius 2 is 1.62 bits per heavy atom. The minimum absolute atomic E-state index is 0.225. The number of ether oxygens (including phenoxy) is 3. The number of methoxy groups -OCH3 is 1. The molecule has 8 N–H and O–H groups in total. The van der Waals surface area contributed by atoms with E-state index in [1.807, 2.05) is 0 Å². The number of aliphatic carboxylic acids is 1. The highest BCUT2D eigenvalue weighted by atomic mass is 16.7. The van der Waals surface area contributed by atoms with Crippen LogP contribution in [0.15, 0.2) is 0 Å². The van der Waals surface area contributed by atoms with Crippen LogP contribution in [0.25, 0.3) is 0 Å². The van der Waals surface area contributed by atoms with Crippen LogP contribution >= 0.6 is 0 Å². The third kappa shape index (κ3) is 12.6. The quantitative estimate of drug-likeness (QED) is 0.0837. The van der Waals surface area contributed by atoms with Crippen molar-refractivity contribution in [1.82, 2.24) is 16.0 Å². The molecule has 0 aromatic heterocycles. The van der Waals surface area contributed by atoms with E-state index >= 15 is 0 Å². The molecule has 0 radical (unpaired) electrons. The van der Waals surface area contributed by atoms with Crippen LogP contribution in [0.5, 0.6) is 0 Å². The second-order valence-electron chi connectivity index (χ2n) is 10.4. The first-order valence-electron chi connectivity index (χ1n) is 14.4. The molecule has 8 atom stereocenters. The average molecular weight is 605 g/mol. The Bertz CT molecular complexity index is 890. The van der Waals surface area contributed by atoms with E-state index in [1.165, 1.54) is 21.0 Å². The summed E-state index contributed by atoms with van der Waals surface area (Å²) in [5.41, 5.74) is 5.24. The number of nitrogens with two attached hydrogens (primary N) is 1. The molecule has 15 nitrogen and oxygen atoms in total. The first-order valence-corrected chi connectivity index (χ1v) is 14.4. The minimum Gasteiger partial charge on any atom is -0.481 e. The number of carbonyl (C=O) groups excluding carboxylic acids is 4. The molecule has 1 saturated heterocycles. The molecule has 0 aliphatic carbocycles. The molecule has 1 fully saturated rings. The van der Waals surface area contributed by atoms with Gasteiger partial charge >= 0.3 is 5.97 Å². The number of hydrogen-bond acceptors (Lipinski definition) is 10. The van der Waals surface area contributed by atoms with Gasteiger partial charge < -0.3 is 51.2 Å². The Balaban J connectivity index is 2.86. The predicted octanol–water partition coefficient (Wildman–Crippen LogP) is -0.940. The second-order valence-corrected chi connectivity index (χ2v) is 10.4. The number of aliphatic hydroxyl groups is 2. The lowest BCUT2D eigenvalue weighted by atomic mass is 9.96. The van der Waals surface area contributed by atoms with Gasteiger partial charge in [0, 0.05) is 20.0 Å². The molecule has 1 aliphatic heterocycles. The van der Waals surface area contributed by atoms with Crippen LogP contribution < -0.4 is 21.7 Å². The van der Waals surface area contributed by atoms with E-state index < -0.39 is 85.5 Å². The zero-order valence-electron chi connectivity index (χ0n) is 24.9. The zero-order chi connectivity index (χ0) is 31.8. The van der Waals surface area contributed by atoms with Crippen molar-refractivity contribution < 1.29 is 53.5 Å². The van der Waals surface area contributed by atoms with E-state index in [0.717, 1.165) is 32.1 Å². The normalized spacial score (nSPS) is 24.2. The molecule has 242 valence electrons. The molecule has 0 aromatic carbocycles. The van der Waals surface area contributed by atoms with Crippen molar-refractivity contribution in [3.63, 3.8) is 0 Å². The van der Waals surface area contributed by atoms with Crippen molar-refractivity contribution in [2.45, 2.75) is 127 Å². The van der Waals surface area contributed by atoms with Crippen LogP contribution in [0, 0.1) is 0 Å². The van der Waals surface area contributed by atoms with Crippen molar-refractivity contribution in [2.24, 2.45) is 5.73 Å². The Kier molecular flexibility index (Phi) is 17.1. The summed E-state index contributed by atoms with van der Waals surface area (Å²) in [4.78, 5) is 60.5. The molecule has 1 rings (SSSR count). The Morgan fingerprint density at radius 3 is 2.19 bits per heavy atom. The average Bonchev–Trinajstić information content (AvgIpc) is 2.94. The van der Waals surface area contributed by atoms with Crippen molar-refractivity contribution in [3.8, 4) is 0 Å². The summed E-state index contributed by atoms with van der Waals surface area (Å²) in [6, 6.07) is -3.44. The Morgan fingerprint density at radius 1 is 0.976 bits per heavy atom. The third-order valence-corrected chi connectivity index (χ3v) is 6.96. The van der Waals surface area contributed by atoms with E-state index in [1.54, 1.807) is 0 Å². The molecule has 0 spiro atoms. The number of carboxylic acid groups (broad SMARTS) is 1. The lowest BCUT2D eigenvalue weighted by molar-refractivity contribution is -0.274. The van der Waals surface area contributed by atoms with Gasteiger partial charge in [-0.05, 0) is 26.7 Å². The van der Waals surface area contributed by atoms with Gasteiger partial charge in [0.2, 0.25) is 23.6 Å². The second kappa shape index (κ2) is 19.4. The van der Waals surface area contributed by atoms with Crippen molar-refractivity contribution in [3.05, 3.63) is 0 Å². The number of rotatable bonds is 20. The van der Waals surface area contributed by atoms with Gasteiger partial charge in [-0.15, -0.1) is 0 Å². The van der Waals surface area contributed by atoms with Gasteiger partial charge in [0.15, 0.2) is 6.29 Å². The number of amides is 4. The van der Waals surface area contributed by atoms with Crippen molar-refractivity contribution in [2.75, 3.05) is 13.7 Å². The molecule has 1 heterocycles. The molecule has 0 bridgehead atoms. The van der Waals surface area contributed by atoms with E-state index in [9.17, 15) is 34.2 Å². The zero-order valence-corrected chi connectivity index (χ0v) is 24.9. The topological polar surface area (TPSA) is 236 Å². The maximum atomic E-state index is 12.9.